The third kappa shape index (κ3) is 4.89. The van der Waals surface area contributed by atoms with Crippen LogP contribution in [0.1, 0.15) is 50.8 Å². The van der Waals surface area contributed by atoms with Crippen LogP contribution in [0.2, 0.25) is 0 Å². The summed E-state index contributed by atoms with van der Waals surface area (Å²) in [7, 11) is -3.69. The quantitative estimate of drug-likeness (QED) is 0.645. The molecule has 1 N–H and O–H groups in total. The van der Waals surface area contributed by atoms with Crippen molar-refractivity contribution in [2.75, 3.05) is 26.3 Å². The summed E-state index contributed by atoms with van der Waals surface area (Å²) in [4.78, 5) is 15.3. The number of fused-ring (bicyclic) bond motifs is 1. The van der Waals surface area contributed by atoms with Crippen LogP contribution in [0.4, 0.5) is 0 Å². The van der Waals surface area contributed by atoms with Crippen molar-refractivity contribution >= 4 is 21.8 Å². The van der Waals surface area contributed by atoms with Crippen LogP contribution < -0.4 is 14.8 Å². The number of hydrogen-bond donors (Lipinski definition) is 1. The van der Waals surface area contributed by atoms with Gasteiger partial charge >= 0.3 is 0 Å². The number of rotatable bonds is 7. The van der Waals surface area contributed by atoms with Gasteiger partial charge in [-0.05, 0) is 63.4 Å². The third-order valence-electron chi connectivity index (χ3n) is 6.13. The molecule has 0 aromatic heterocycles. The molecule has 2 aromatic rings. The highest BCUT2D eigenvalue weighted by Crippen LogP contribution is 2.32. The maximum absolute atomic E-state index is 13.1. The molecular formula is C25H31N3O5S. The molecule has 2 unspecified atom stereocenters. The van der Waals surface area contributed by atoms with Gasteiger partial charge in [-0.1, -0.05) is 18.2 Å². The van der Waals surface area contributed by atoms with E-state index in [2.05, 4.69) is 9.71 Å². The minimum atomic E-state index is -3.69. The number of benzene rings is 2. The van der Waals surface area contributed by atoms with Gasteiger partial charge in [-0.15, -0.1) is 4.40 Å². The van der Waals surface area contributed by atoms with E-state index in [0.717, 1.165) is 18.4 Å². The number of amides is 1. The molecule has 0 radical (unpaired) electrons. The van der Waals surface area contributed by atoms with Crippen LogP contribution in [-0.4, -0.2) is 51.4 Å². The summed E-state index contributed by atoms with van der Waals surface area (Å²) < 4.78 is 40.3. The van der Waals surface area contributed by atoms with E-state index in [-0.39, 0.29) is 22.8 Å². The first-order valence-electron chi connectivity index (χ1n) is 11.7. The van der Waals surface area contributed by atoms with Crippen LogP contribution in [0, 0.1) is 5.92 Å². The van der Waals surface area contributed by atoms with Crippen molar-refractivity contribution < 1.29 is 22.7 Å². The molecule has 2 aliphatic rings. The van der Waals surface area contributed by atoms with Gasteiger partial charge in [0.2, 0.25) is 5.91 Å². The minimum absolute atomic E-state index is 0.0567. The van der Waals surface area contributed by atoms with Gasteiger partial charge in [0, 0.05) is 18.7 Å². The number of piperidine rings is 1. The first kappa shape index (κ1) is 24.1. The van der Waals surface area contributed by atoms with Gasteiger partial charge in [0.15, 0.2) is 17.3 Å². The molecule has 9 heteroatoms. The Morgan fingerprint density at radius 3 is 2.65 bits per heavy atom. The number of nitrogens with zero attached hydrogens (tertiary/aromatic N) is 2. The number of amidine groups is 1. The van der Waals surface area contributed by atoms with E-state index in [1.165, 1.54) is 0 Å². The molecule has 0 aliphatic carbocycles. The highest BCUT2D eigenvalue weighted by atomic mass is 32.2. The topological polar surface area (TPSA) is 97.3 Å². The lowest BCUT2D eigenvalue weighted by Crippen LogP contribution is -2.45. The molecule has 0 saturated carbocycles. The molecule has 2 aromatic carbocycles. The summed E-state index contributed by atoms with van der Waals surface area (Å²) in [5.74, 6) is 1.46. The van der Waals surface area contributed by atoms with Gasteiger partial charge in [0.25, 0.3) is 10.0 Å². The summed E-state index contributed by atoms with van der Waals surface area (Å²) in [5.41, 5.74) is 1.53. The van der Waals surface area contributed by atoms with Crippen LogP contribution in [0.15, 0.2) is 51.8 Å². The van der Waals surface area contributed by atoms with Gasteiger partial charge in [0.1, 0.15) is 4.90 Å². The van der Waals surface area contributed by atoms with E-state index in [4.69, 9.17) is 9.47 Å². The second-order valence-electron chi connectivity index (χ2n) is 8.47. The molecule has 2 aliphatic heterocycles. The van der Waals surface area contributed by atoms with Crippen LogP contribution in [0.25, 0.3) is 0 Å². The molecule has 1 saturated heterocycles. The van der Waals surface area contributed by atoms with Crippen LogP contribution in [0.3, 0.4) is 0 Å². The summed E-state index contributed by atoms with van der Waals surface area (Å²) in [6.45, 7) is 7.93. The van der Waals surface area contributed by atoms with Gasteiger partial charge in [-0.3, -0.25) is 4.79 Å². The zero-order valence-electron chi connectivity index (χ0n) is 19.8. The molecule has 2 heterocycles. The summed E-state index contributed by atoms with van der Waals surface area (Å²) >= 11 is 0. The average Bonchev–Trinajstić information content (AvgIpc) is 3.11. The fourth-order valence-corrected chi connectivity index (χ4v) is 5.68. The normalized spacial score (nSPS) is 19.7. The Balaban J connectivity index is 1.46. The monoisotopic (exact) mass is 485 g/mol. The largest absolute Gasteiger partial charge is 0.490 e. The van der Waals surface area contributed by atoms with Crippen molar-refractivity contribution in [1.82, 2.24) is 10.2 Å². The molecule has 182 valence electrons. The number of carbonyl (C=O) groups excluding carboxylic acids is 1. The zero-order valence-corrected chi connectivity index (χ0v) is 20.6. The van der Waals surface area contributed by atoms with Crippen molar-refractivity contribution in [3.05, 3.63) is 53.6 Å². The summed E-state index contributed by atoms with van der Waals surface area (Å²) in [6.07, 6.45) is 1.52. The van der Waals surface area contributed by atoms with Crippen molar-refractivity contribution in [3.63, 3.8) is 0 Å². The average molecular weight is 486 g/mol. The van der Waals surface area contributed by atoms with Crippen molar-refractivity contribution in [2.45, 2.75) is 44.6 Å². The molecule has 34 heavy (non-hydrogen) atoms. The molecule has 1 fully saturated rings. The highest BCUT2D eigenvalue weighted by molar-refractivity contribution is 7.90. The van der Waals surface area contributed by atoms with Crippen LogP contribution in [-0.2, 0) is 14.8 Å². The van der Waals surface area contributed by atoms with Gasteiger partial charge < -0.3 is 19.7 Å². The van der Waals surface area contributed by atoms with Crippen molar-refractivity contribution in [1.29, 1.82) is 0 Å². The Bertz CT molecular complexity index is 1190. The molecule has 0 bridgehead atoms. The second kappa shape index (κ2) is 10.0. The van der Waals surface area contributed by atoms with E-state index in [0.29, 0.717) is 49.2 Å². The fraction of sp³-hybridized carbons (Fsp3) is 0.440. The Labute approximate surface area is 201 Å². The lowest BCUT2D eigenvalue weighted by atomic mass is 9.95. The first-order valence-corrected chi connectivity index (χ1v) is 13.2. The van der Waals surface area contributed by atoms with Gasteiger partial charge in [0.05, 0.1) is 25.2 Å². The lowest BCUT2D eigenvalue weighted by Gasteiger charge is -2.34. The fourth-order valence-electron chi connectivity index (χ4n) is 4.45. The smallest absolute Gasteiger partial charge is 0.285 e. The first-order chi connectivity index (χ1) is 16.3. The van der Waals surface area contributed by atoms with E-state index in [1.54, 1.807) is 24.3 Å². The maximum atomic E-state index is 13.1. The Morgan fingerprint density at radius 1 is 1.15 bits per heavy atom. The maximum Gasteiger partial charge on any atom is 0.285 e. The van der Waals surface area contributed by atoms with E-state index >= 15 is 0 Å². The number of ether oxygens (including phenoxy) is 2. The van der Waals surface area contributed by atoms with Crippen LogP contribution in [0.5, 0.6) is 11.5 Å². The molecular weight excluding hydrogens is 454 g/mol. The number of nitrogens with one attached hydrogen (secondary N) is 1. The molecule has 2 atom stereocenters. The molecule has 0 spiro atoms. The standard InChI is InChI=1S/C25H31N3O5S/c1-4-32-21-13-12-18(15-22(21)33-5-2)17(3)26-25(29)19-9-8-14-28(16-19)24-20-10-6-7-11-23(20)34(30,31)27-24/h6-7,10-13,15,17,19H,4-5,8-9,14,16H2,1-3H3,(H,26,29). The predicted molar refractivity (Wildman–Crippen MR) is 130 cm³/mol. The molecule has 8 nitrogen and oxygen atoms in total. The zero-order chi connectivity index (χ0) is 24.3. The molecule has 4 rings (SSSR count). The van der Waals surface area contributed by atoms with E-state index in [1.807, 2.05) is 43.9 Å². The number of hydrogen-bond acceptors (Lipinski definition) is 6. The Kier molecular flexibility index (Phi) is 7.11. The predicted octanol–water partition coefficient (Wildman–Crippen LogP) is 3.52. The highest BCUT2D eigenvalue weighted by Gasteiger charge is 2.35. The lowest BCUT2D eigenvalue weighted by molar-refractivity contribution is -0.126. The Morgan fingerprint density at radius 2 is 1.88 bits per heavy atom. The summed E-state index contributed by atoms with van der Waals surface area (Å²) in [5, 5.41) is 3.11. The number of carbonyl (C=O) groups is 1. The SMILES string of the molecule is CCOc1ccc(C(C)NC(=O)C2CCCN(C3=NS(=O)(=O)c4ccccc43)C2)cc1OCC. The van der Waals surface area contributed by atoms with Crippen LogP contribution >= 0.6 is 0 Å². The van der Waals surface area contributed by atoms with Crippen molar-refractivity contribution in [2.24, 2.45) is 10.3 Å². The Hall–Kier alpha value is -3.07. The van der Waals surface area contributed by atoms with E-state index < -0.39 is 10.0 Å². The van der Waals surface area contributed by atoms with Gasteiger partial charge in [-0.25, -0.2) is 0 Å². The second-order valence-corrected chi connectivity index (χ2v) is 10.0. The number of likely N-dealkylation sites (tertiary alicyclic amines) is 1. The third-order valence-corrected chi connectivity index (χ3v) is 7.46. The number of sulfonamides is 1. The minimum Gasteiger partial charge on any atom is -0.490 e. The summed E-state index contributed by atoms with van der Waals surface area (Å²) in [6, 6.07) is 12.3. The molecule has 1 amide bonds. The van der Waals surface area contributed by atoms with E-state index in [9.17, 15) is 13.2 Å². The van der Waals surface area contributed by atoms with Crippen molar-refractivity contribution in [3.8, 4) is 11.5 Å². The van der Waals surface area contributed by atoms with Gasteiger partial charge in [-0.2, -0.15) is 8.42 Å².